The van der Waals surface area contributed by atoms with Gasteiger partial charge in [0.1, 0.15) is 12.6 Å². The van der Waals surface area contributed by atoms with E-state index < -0.39 is 18.4 Å². The third-order valence-electron chi connectivity index (χ3n) is 7.24. The van der Waals surface area contributed by atoms with Crippen molar-refractivity contribution in [2.75, 3.05) is 26.4 Å². The normalized spacial score (nSPS) is 13.1. The zero-order chi connectivity index (χ0) is 29.4. The Hall–Kier alpha value is -3.20. The van der Waals surface area contributed by atoms with Gasteiger partial charge in [-0.25, -0.2) is 4.79 Å². The summed E-state index contributed by atoms with van der Waals surface area (Å²) in [6, 6.07) is 23.1. The van der Waals surface area contributed by atoms with Gasteiger partial charge in [-0.05, 0) is 67.6 Å². The lowest BCUT2D eigenvalue weighted by Gasteiger charge is -2.33. The number of fused-ring (bicyclic) bond motifs is 3. The highest BCUT2D eigenvalue weighted by Crippen LogP contribution is 2.44. The van der Waals surface area contributed by atoms with Gasteiger partial charge < -0.3 is 24.4 Å². The van der Waals surface area contributed by atoms with Gasteiger partial charge in [-0.2, -0.15) is 0 Å². The predicted octanol–water partition coefficient (Wildman–Crippen LogP) is 6.54. The van der Waals surface area contributed by atoms with Crippen molar-refractivity contribution >= 4 is 27.9 Å². The van der Waals surface area contributed by atoms with Gasteiger partial charge in [-0.15, -0.1) is 0 Å². The fraction of sp³-hybridized carbons (Fsp3) is 0.394. The van der Waals surface area contributed by atoms with Crippen LogP contribution in [0.3, 0.4) is 0 Å². The molecular weight excluding hydrogens is 584 g/mol. The Morgan fingerprint density at radius 3 is 1.98 bits per heavy atom. The average molecular weight is 624 g/mol. The van der Waals surface area contributed by atoms with Gasteiger partial charge in [0.25, 0.3) is 0 Å². The minimum Gasteiger partial charge on any atom is -0.449 e. The maximum Gasteiger partial charge on any atom is 0.407 e. The van der Waals surface area contributed by atoms with Crippen molar-refractivity contribution in [3.63, 3.8) is 0 Å². The molecule has 2 amide bonds. The highest BCUT2D eigenvalue weighted by molar-refractivity contribution is 9.10. The Balaban J connectivity index is 1.51. The first-order chi connectivity index (χ1) is 19.8. The van der Waals surface area contributed by atoms with Crippen LogP contribution in [0.4, 0.5) is 4.79 Å². The first kappa shape index (κ1) is 30.8. The van der Waals surface area contributed by atoms with E-state index in [2.05, 4.69) is 45.5 Å². The van der Waals surface area contributed by atoms with Crippen molar-refractivity contribution in [1.29, 1.82) is 0 Å². The summed E-state index contributed by atoms with van der Waals surface area (Å²) in [5, 5.41) is 2.88. The first-order valence-electron chi connectivity index (χ1n) is 14.2. The number of alkyl carbamates (subject to hydrolysis) is 1. The standard InChI is InChI=1S/C33H39BrN2O5/c1-5-39-31(40-6-2)20-36(22(3)4)32(37)30(19-23-15-17-24(34)18-16-23)35-33(38)41-21-29-27-13-9-7-11-25(27)26-12-8-10-14-28(26)29/h7-18,22,29-31H,5-6,19-21H2,1-4H3,(H,35,38). The molecule has 0 aromatic heterocycles. The molecule has 0 radical (unpaired) electrons. The summed E-state index contributed by atoms with van der Waals surface area (Å²) >= 11 is 3.46. The van der Waals surface area contributed by atoms with E-state index in [0.717, 1.165) is 32.3 Å². The molecule has 218 valence electrons. The molecule has 0 bridgehead atoms. The molecule has 8 heteroatoms. The second-order valence-corrected chi connectivity index (χ2v) is 11.2. The number of hydrogen-bond acceptors (Lipinski definition) is 5. The van der Waals surface area contributed by atoms with E-state index in [-0.39, 0.29) is 31.0 Å². The molecule has 41 heavy (non-hydrogen) atoms. The summed E-state index contributed by atoms with van der Waals surface area (Å²) in [6.07, 6.45) is -0.871. The lowest BCUT2D eigenvalue weighted by Crippen LogP contribution is -2.54. The van der Waals surface area contributed by atoms with Gasteiger partial charge in [0.15, 0.2) is 6.29 Å². The zero-order valence-corrected chi connectivity index (χ0v) is 25.7. The Labute approximate surface area is 251 Å². The maximum atomic E-state index is 14.0. The van der Waals surface area contributed by atoms with E-state index in [1.165, 1.54) is 0 Å². The minimum absolute atomic E-state index is 0.0703. The van der Waals surface area contributed by atoms with Crippen LogP contribution in [-0.4, -0.2) is 61.6 Å². The van der Waals surface area contributed by atoms with Crippen LogP contribution < -0.4 is 5.32 Å². The third-order valence-corrected chi connectivity index (χ3v) is 7.77. The molecule has 1 atom stereocenters. The van der Waals surface area contributed by atoms with Crippen LogP contribution in [-0.2, 0) is 25.4 Å². The number of rotatable bonds is 13. The number of ether oxygens (including phenoxy) is 3. The highest BCUT2D eigenvalue weighted by atomic mass is 79.9. The second-order valence-electron chi connectivity index (χ2n) is 10.3. The molecule has 3 aromatic rings. The molecule has 1 N–H and O–H groups in total. The molecule has 0 heterocycles. The smallest absolute Gasteiger partial charge is 0.407 e. The number of amides is 2. The van der Waals surface area contributed by atoms with Crippen LogP contribution in [0.25, 0.3) is 11.1 Å². The molecule has 1 aliphatic rings. The van der Waals surface area contributed by atoms with Crippen molar-refractivity contribution in [2.24, 2.45) is 0 Å². The average Bonchev–Trinajstić information content (AvgIpc) is 3.29. The first-order valence-corrected chi connectivity index (χ1v) is 15.0. The van der Waals surface area contributed by atoms with Gasteiger partial charge in [0.2, 0.25) is 5.91 Å². The fourth-order valence-corrected chi connectivity index (χ4v) is 5.54. The Kier molecular flexibility index (Phi) is 11.0. The maximum absolute atomic E-state index is 14.0. The van der Waals surface area contributed by atoms with Crippen LogP contribution >= 0.6 is 15.9 Å². The highest BCUT2D eigenvalue weighted by Gasteiger charge is 2.32. The van der Waals surface area contributed by atoms with Crippen LogP contribution in [0.5, 0.6) is 0 Å². The summed E-state index contributed by atoms with van der Waals surface area (Å²) in [5.41, 5.74) is 5.50. The molecule has 3 aromatic carbocycles. The van der Waals surface area contributed by atoms with E-state index in [9.17, 15) is 9.59 Å². The Bertz CT molecular complexity index is 1260. The van der Waals surface area contributed by atoms with Crippen LogP contribution in [0.1, 0.15) is 50.3 Å². The summed E-state index contributed by atoms with van der Waals surface area (Å²) in [6.45, 7) is 9.01. The van der Waals surface area contributed by atoms with Crippen molar-refractivity contribution in [1.82, 2.24) is 10.2 Å². The Morgan fingerprint density at radius 2 is 1.44 bits per heavy atom. The third kappa shape index (κ3) is 7.76. The van der Waals surface area contributed by atoms with Gasteiger partial charge in [-0.1, -0.05) is 76.6 Å². The summed E-state index contributed by atoms with van der Waals surface area (Å²) in [5.74, 6) is -0.292. The number of benzene rings is 3. The van der Waals surface area contributed by atoms with E-state index in [1.54, 1.807) is 4.90 Å². The number of hydrogen-bond donors (Lipinski definition) is 1. The molecule has 0 saturated carbocycles. The van der Waals surface area contributed by atoms with Gasteiger partial charge in [0.05, 0.1) is 6.54 Å². The SMILES string of the molecule is CCOC(CN(C(=O)C(Cc1ccc(Br)cc1)NC(=O)OCC1c2ccccc2-c2ccccc21)C(C)C)OCC. The molecule has 7 nitrogen and oxygen atoms in total. The molecule has 0 aliphatic heterocycles. The minimum atomic E-state index is -0.835. The quantitative estimate of drug-likeness (QED) is 0.219. The van der Waals surface area contributed by atoms with Gasteiger partial charge in [-0.3, -0.25) is 4.79 Å². The summed E-state index contributed by atoms with van der Waals surface area (Å²) in [4.78, 5) is 28.9. The second kappa shape index (κ2) is 14.6. The molecule has 4 rings (SSSR count). The van der Waals surface area contributed by atoms with E-state index in [1.807, 2.05) is 76.2 Å². The number of halogens is 1. The number of nitrogens with zero attached hydrogens (tertiary/aromatic N) is 1. The fourth-order valence-electron chi connectivity index (χ4n) is 5.28. The number of carbonyl (C=O) groups is 2. The lowest BCUT2D eigenvalue weighted by atomic mass is 9.98. The summed E-state index contributed by atoms with van der Waals surface area (Å²) < 4.78 is 18.2. The molecule has 0 saturated heterocycles. The molecule has 1 aliphatic carbocycles. The lowest BCUT2D eigenvalue weighted by molar-refractivity contribution is -0.162. The predicted molar refractivity (Wildman–Crippen MR) is 164 cm³/mol. The van der Waals surface area contributed by atoms with E-state index in [0.29, 0.717) is 19.6 Å². The summed E-state index contributed by atoms with van der Waals surface area (Å²) in [7, 11) is 0. The number of carbonyl (C=O) groups excluding carboxylic acids is 2. The van der Waals surface area contributed by atoms with Crippen LogP contribution in [0.15, 0.2) is 77.3 Å². The number of nitrogens with one attached hydrogen (secondary N) is 1. The van der Waals surface area contributed by atoms with Crippen LogP contribution in [0.2, 0.25) is 0 Å². The van der Waals surface area contributed by atoms with Crippen molar-refractivity contribution in [2.45, 2.75) is 58.4 Å². The van der Waals surface area contributed by atoms with Gasteiger partial charge >= 0.3 is 6.09 Å². The largest absolute Gasteiger partial charge is 0.449 e. The topological polar surface area (TPSA) is 77.1 Å². The van der Waals surface area contributed by atoms with Crippen molar-refractivity contribution < 1.29 is 23.8 Å². The monoisotopic (exact) mass is 622 g/mol. The molecular formula is C33H39BrN2O5. The molecule has 0 fully saturated rings. The van der Waals surface area contributed by atoms with Crippen molar-refractivity contribution in [3.05, 3.63) is 94.0 Å². The molecule has 1 unspecified atom stereocenters. The zero-order valence-electron chi connectivity index (χ0n) is 24.1. The Morgan fingerprint density at radius 1 is 0.878 bits per heavy atom. The van der Waals surface area contributed by atoms with Crippen LogP contribution in [0, 0.1) is 0 Å². The van der Waals surface area contributed by atoms with Crippen molar-refractivity contribution in [3.8, 4) is 11.1 Å². The van der Waals surface area contributed by atoms with E-state index >= 15 is 0 Å². The van der Waals surface area contributed by atoms with Gasteiger partial charge in [0, 0.05) is 36.1 Å². The molecule has 0 spiro atoms. The van der Waals surface area contributed by atoms with E-state index in [4.69, 9.17) is 14.2 Å².